The van der Waals surface area contributed by atoms with Gasteiger partial charge in [0, 0.05) is 58.1 Å². The zero-order chi connectivity index (χ0) is 33.6. The van der Waals surface area contributed by atoms with E-state index in [0.29, 0.717) is 20.1 Å². The highest BCUT2D eigenvalue weighted by molar-refractivity contribution is 7.89. The fourth-order valence-corrected chi connectivity index (χ4v) is 8.28. The average molecular weight is 775 g/mol. The Bertz CT molecular complexity index is 2010. The third-order valence-electron chi connectivity index (χ3n) is 8.18. The van der Waals surface area contributed by atoms with E-state index < -0.39 is 20.0 Å². The monoisotopic (exact) mass is 772 g/mol. The first-order valence-electron chi connectivity index (χ1n) is 14.1. The van der Waals surface area contributed by atoms with Crippen LogP contribution in [0.15, 0.2) is 82.6 Å². The summed E-state index contributed by atoms with van der Waals surface area (Å²) in [4.78, 5) is 4.55. The van der Waals surface area contributed by atoms with E-state index in [4.69, 9.17) is 56.7 Å². The molecular weight excluding hydrogens is 734 g/mol. The topological polar surface area (TPSA) is 127 Å². The number of likely N-dealkylation sites (N-methyl/N-ethyl adjacent to an activating group) is 2. The van der Waals surface area contributed by atoms with Crippen LogP contribution >= 0.6 is 46.4 Å². The number of nitrogens with zero attached hydrogens (tertiary/aromatic N) is 2. The van der Waals surface area contributed by atoms with Crippen LogP contribution in [0.2, 0.25) is 20.1 Å². The van der Waals surface area contributed by atoms with E-state index in [-0.39, 0.29) is 36.5 Å². The largest absolute Gasteiger partial charge is 0.301 e. The maximum atomic E-state index is 11.6. The molecule has 2 aliphatic heterocycles. The van der Waals surface area contributed by atoms with Gasteiger partial charge in [-0.1, -0.05) is 85.5 Å². The summed E-state index contributed by atoms with van der Waals surface area (Å²) in [6.07, 6.45) is 0. The van der Waals surface area contributed by atoms with Gasteiger partial charge in [-0.25, -0.2) is 27.1 Å². The quantitative estimate of drug-likeness (QED) is 0.219. The molecule has 0 amide bonds. The summed E-state index contributed by atoms with van der Waals surface area (Å²) < 4.78 is 46.0. The van der Waals surface area contributed by atoms with E-state index in [2.05, 4.69) is 9.80 Å². The number of hydrogen-bond acceptors (Lipinski definition) is 6. The summed E-state index contributed by atoms with van der Waals surface area (Å²) in [6, 6.07) is 20.7. The molecule has 2 atom stereocenters. The van der Waals surface area contributed by atoms with E-state index in [9.17, 15) is 16.8 Å². The Labute approximate surface area is 304 Å². The molecule has 0 spiro atoms. The van der Waals surface area contributed by atoms with Crippen LogP contribution in [0.3, 0.4) is 0 Å². The number of nitrogens with two attached hydrogens (primary N) is 2. The predicted molar refractivity (Wildman–Crippen MR) is 198 cm³/mol. The summed E-state index contributed by atoms with van der Waals surface area (Å²) in [7, 11) is -3.39. The highest BCUT2D eigenvalue weighted by atomic mass is 35.5. The molecule has 260 valence electrons. The van der Waals surface area contributed by atoms with Crippen molar-refractivity contribution in [2.24, 2.45) is 10.3 Å². The number of primary sulfonamides is 2. The molecule has 0 fully saturated rings. The first-order valence-corrected chi connectivity index (χ1v) is 18.7. The lowest BCUT2D eigenvalue weighted by Crippen LogP contribution is -2.31. The molecule has 0 saturated carbocycles. The van der Waals surface area contributed by atoms with Crippen LogP contribution in [0, 0.1) is 0 Å². The van der Waals surface area contributed by atoms with Crippen molar-refractivity contribution in [1.29, 1.82) is 0 Å². The number of hydrogen-bond donors (Lipinski definition) is 2. The van der Waals surface area contributed by atoms with Gasteiger partial charge in [0.05, 0.1) is 9.79 Å². The first-order chi connectivity index (χ1) is 21.5. The highest BCUT2D eigenvalue weighted by Crippen LogP contribution is 2.40. The number of sulfonamides is 2. The standard InChI is InChI=1S/2C16H16Cl2N2O2S.2CH4/c1-20-8-14(10-2-4-12(5-3-10)23(19,21)22)13-6-11(17)7-16(18)15(13)9-20;1-20-8-14(10-3-2-4-12(5-10)23(19,21)22)13-6-11(17)7-16(18)15(13)9-20;;/h2*2-7,14H,8-9H2,1H3,(H2,19,21,22);2*1H4. The van der Waals surface area contributed by atoms with Crippen LogP contribution < -0.4 is 10.3 Å². The van der Waals surface area contributed by atoms with Gasteiger partial charge in [0.15, 0.2) is 0 Å². The molecule has 2 unspecified atom stereocenters. The molecule has 2 aliphatic rings. The molecule has 4 N–H and O–H groups in total. The van der Waals surface area contributed by atoms with Crippen LogP contribution in [0.25, 0.3) is 0 Å². The van der Waals surface area contributed by atoms with E-state index in [1.807, 2.05) is 32.3 Å². The SMILES string of the molecule is C.C.CN1Cc2c(Cl)cc(Cl)cc2C(c2ccc(S(N)(=O)=O)cc2)C1.CN1Cc2c(Cl)cc(Cl)cc2C(c2cccc(S(N)(=O)=O)c2)C1. The smallest absolute Gasteiger partial charge is 0.238 e. The van der Waals surface area contributed by atoms with Crippen molar-refractivity contribution in [3.63, 3.8) is 0 Å². The van der Waals surface area contributed by atoms with Crippen molar-refractivity contribution in [2.75, 3.05) is 27.2 Å². The second kappa shape index (κ2) is 15.8. The zero-order valence-corrected chi connectivity index (χ0v) is 29.6. The molecule has 0 bridgehead atoms. The van der Waals surface area contributed by atoms with Gasteiger partial charge in [0.2, 0.25) is 20.0 Å². The second-order valence-corrected chi connectivity index (χ2v) is 16.5. The number of fused-ring (bicyclic) bond motifs is 2. The summed E-state index contributed by atoms with van der Waals surface area (Å²) in [5.74, 6) is 0.0659. The molecule has 8 nitrogen and oxygen atoms in total. The normalized spacial score (nSPS) is 17.9. The third-order valence-corrected chi connectivity index (χ3v) is 11.1. The van der Waals surface area contributed by atoms with Gasteiger partial charge in [-0.15, -0.1) is 0 Å². The van der Waals surface area contributed by atoms with Gasteiger partial charge in [-0.3, -0.25) is 0 Å². The molecule has 48 heavy (non-hydrogen) atoms. The minimum absolute atomic E-state index is 0. The van der Waals surface area contributed by atoms with Crippen molar-refractivity contribution >= 4 is 66.5 Å². The van der Waals surface area contributed by atoms with Crippen molar-refractivity contribution in [1.82, 2.24) is 9.80 Å². The average Bonchev–Trinajstić information content (AvgIpc) is 2.97. The summed E-state index contributed by atoms with van der Waals surface area (Å²) in [5.41, 5.74) is 6.09. The van der Waals surface area contributed by atoms with Crippen molar-refractivity contribution < 1.29 is 16.8 Å². The molecular formula is C34H40Cl4N4O4S2. The van der Waals surface area contributed by atoms with Crippen LogP contribution in [-0.2, 0) is 33.1 Å². The van der Waals surface area contributed by atoms with Crippen molar-refractivity contribution in [2.45, 2.75) is 49.6 Å². The van der Waals surface area contributed by atoms with Crippen molar-refractivity contribution in [3.8, 4) is 0 Å². The van der Waals surface area contributed by atoms with E-state index in [1.165, 1.54) is 18.2 Å². The minimum Gasteiger partial charge on any atom is -0.301 e. The summed E-state index contributed by atoms with van der Waals surface area (Å²) >= 11 is 25.0. The summed E-state index contributed by atoms with van der Waals surface area (Å²) in [6.45, 7) is 3.05. The summed E-state index contributed by atoms with van der Waals surface area (Å²) in [5, 5.41) is 12.9. The molecule has 0 aliphatic carbocycles. The molecule has 0 aromatic heterocycles. The van der Waals surface area contributed by atoms with E-state index >= 15 is 0 Å². The molecule has 6 rings (SSSR count). The Hall–Kier alpha value is -2.22. The fourth-order valence-electron chi connectivity index (χ4n) is 6.06. The second-order valence-electron chi connectivity index (χ2n) is 11.6. The van der Waals surface area contributed by atoms with Gasteiger partial charge in [-0.05, 0) is 96.0 Å². The zero-order valence-electron chi connectivity index (χ0n) is 24.9. The fraction of sp³-hybridized carbons (Fsp3) is 0.294. The lowest BCUT2D eigenvalue weighted by atomic mass is 9.85. The Morgan fingerprint density at radius 2 is 1.04 bits per heavy atom. The van der Waals surface area contributed by atoms with Crippen LogP contribution in [0.5, 0.6) is 0 Å². The molecule has 4 aromatic carbocycles. The molecule has 0 saturated heterocycles. The molecule has 2 heterocycles. The van der Waals surface area contributed by atoms with Gasteiger partial charge in [-0.2, -0.15) is 0 Å². The Kier molecular flexibility index (Phi) is 13.2. The van der Waals surface area contributed by atoms with E-state index in [0.717, 1.165) is 59.6 Å². The van der Waals surface area contributed by atoms with Gasteiger partial charge >= 0.3 is 0 Å². The highest BCUT2D eigenvalue weighted by Gasteiger charge is 2.29. The Balaban J connectivity index is 0.000000250. The molecule has 14 heteroatoms. The lowest BCUT2D eigenvalue weighted by Gasteiger charge is -2.33. The van der Waals surface area contributed by atoms with Crippen LogP contribution in [0.4, 0.5) is 0 Å². The van der Waals surface area contributed by atoms with Crippen LogP contribution in [0.1, 0.15) is 60.1 Å². The maximum absolute atomic E-state index is 11.6. The third kappa shape index (κ3) is 9.11. The number of halogens is 4. The van der Waals surface area contributed by atoms with E-state index in [1.54, 1.807) is 36.4 Å². The Morgan fingerprint density at radius 1 is 0.604 bits per heavy atom. The number of benzene rings is 4. The predicted octanol–water partition coefficient (Wildman–Crippen LogP) is 7.71. The minimum atomic E-state index is -3.74. The van der Waals surface area contributed by atoms with Gasteiger partial charge in [0.25, 0.3) is 0 Å². The Morgan fingerprint density at radius 3 is 1.48 bits per heavy atom. The van der Waals surface area contributed by atoms with Crippen molar-refractivity contribution in [3.05, 3.63) is 126 Å². The molecule has 0 radical (unpaired) electrons. The van der Waals surface area contributed by atoms with Gasteiger partial charge < -0.3 is 9.80 Å². The first kappa shape index (κ1) is 40.2. The van der Waals surface area contributed by atoms with Crippen LogP contribution in [-0.4, -0.2) is 53.8 Å². The number of rotatable bonds is 4. The lowest BCUT2D eigenvalue weighted by molar-refractivity contribution is 0.295. The van der Waals surface area contributed by atoms with Gasteiger partial charge in [0.1, 0.15) is 0 Å². The maximum Gasteiger partial charge on any atom is 0.238 e. The molecule has 4 aromatic rings.